The molecule has 0 amide bonds. The van der Waals surface area contributed by atoms with Crippen molar-refractivity contribution in [3.8, 4) is 0 Å². The molecule has 2 aromatic rings. The van der Waals surface area contributed by atoms with Crippen LogP contribution in [0.4, 0.5) is 5.69 Å². The summed E-state index contributed by atoms with van der Waals surface area (Å²) in [5.41, 5.74) is 10.0. The number of piperidine rings is 1. The fourth-order valence-corrected chi connectivity index (χ4v) is 3.82. The van der Waals surface area contributed by atoms with E-state index in [1.165, 1.54) is 36.0 Å². The monoisotopic (exact) mass is 297 g/mol. The third-order valence-electron chi connectivity index (χ3n) is 5.04. The Morgan fingerprint density at radius 1 is 1.18 bits per heavy atom. The molecule has 1 aliphatic carbocycles. The molecule has 2 aliphatic rings. The average Bonchev–Trinajstić information content (AvgIpc) is 3.15. The van der Waals surface area contributed by atoms with Crippen molar-refractivity contribution in [3.05, 3.63) is 46.8 Å². The minimum atomic E-state index is 0.433. The number of hydrazine groups is 1. The SMILES string of the molecule is Cc1cccc2c1CC(c1nocc1NN1CCCCC1)C2. The molecule has 0 spiro atoms. The Balaban J connectivity index is 1.53. The number of nitrogens with one attached hydrogen (secondary N) is 1. The Bertz CT molecular complexity index is 658. The molecule has 0 radical (unpaired) electrons. The van der Waals surface area contributed by atoms with Crippen LogP contribution in [0.25, 0.3) is 0 Å². The minimum Gasteiger partial charge on any atom is -0.362 e. The molecule has 4 heteroatoms. The number of hydrogen-bond acceptors (Lipinski definition) is 4. The maximum atomic E-state index is 5.29. The van der Waals surface area contributed by atoms with Gasteiger partial charge in [-0.1, -0.05) is 29.8 Å². The normalized spacial score (nSPS) is 21.8. The van der Waals surface area contributed by atoms with Gasteiger partial charge in [-0.15, -0.1) is 0 Å². The standard InChI is InChI=1S/C18H23N3O/c1-13-6-5-7-14-10-15(11-16(13)14)18-17(12-22-20-18)19-21-8-3-2-4-9-21/h5-7,12,15,19H,2-4,8-11H2,1H3. The first-order chi connectivity index (χ1) is 10.8. The molecule has 1 aromatic carbocycles. The van der Waals surface area contributed by atoms with E-state index in [0.29, 0.717) is 5.92 Å². The molecule has 0 bridgehead atoms. The van der Waals surface area contributed by atoms with Gasteiger partial charge in [-0.25, -0.2) is 5.01 Å². The van der Waals surface area contributed by atoms with Crippen LogP contribution in [0.1, 0.15) is 47.6 Å². The molecule has 1 unspecified atom stereocenters. The number of anilines is 1. The molecule has 4 nitrogen and oxygen atoms in total. The maximum absolute atomic E-state index is 5.29. The van der Waals surface area contributed by atoms with Crippen LogP contribution in [0.15, 0.2) is 29.0 Å². The van der Waals surface area contributed by atoms with Gasteiger partial charge in [0.05, 0.1) is 0 Å². The lowest BCUT2D eigenvalue weighted by molar-refractivity contribution is 0.272. The second-order valence-electron chi connectivity index (χ2n) is 6.59. The first kappa shape index (κ1) is 13.8. The van der Waals surface area contributed by atoms with E-state index in [4.69, 9.17) is 4.52 Å². The number of benzene rings is 1. The Hall–Kier alpha value is -1.81. The van der Waals surface area contributed by atoms with Gasteiger partial charge >= 0.3 is 0 Å². The molecule has 1 atom stereocenters. The highest BCUT2D eigenvalue weighted by atomic mass is 16.5. The molecule has 1 aromatic heterocycles. The van der Waals surface area contributed by atoms with Crippen molar-refractivity contribution in [1.82, 2.24) is 10.2 Å². The topological polar surface area (TPSA) is 41.3 Å². The van der Waals surface area contributed by atoms with Gasteiger partial charge in [-0.2, -0.15) is 0 Å². The summed E-state index contributed by atoms with van der Waals surface area (Å²) in [6.45, 7) is 4.42. The van der Waals surface area contributed by atoms with E-state index < -0.39 is 0 Å². The highest BCUT2D eigenvalue weighted by molar-refractivity contribution is 5.50. The molecule has 22 heavy (non-hydrogen) atoms. The lowest BCUT2D eigenvalue weighted by atomic mass is 10.0. The highest BCUT2D eigenvalue weighted by Gasteiger charge is 2.29. The fourth-order valence-electron chi connectivity index (χ4n) is 3.82. The van der Waals surface area contributed by atoms with Gasteiger partial charge in [-0.3, -0.25) is 0 Å². The Kier molecular flexibility index (Phi) is 3.62. The van der Waals surface area contributed by atoms with Crippen molar-refractivity contribution in [1.29, 1.82) is 0 Å². The number of aryl methyl sites for hydroxylation is 1. The molecule has 0 saturated carbocycles. The zero-order valence-corrected chi connectivity index (χ0v) is 13.1. The van der Waals surface area contributed by atoms with E-state index in [2.05, 4.69) is 40.7 Å². The van der Waals surface area contributed by atoms with Gasteiger partial charge in [0.25, 0.3) is 0 Å². The van der Waals surface area contributed by atoms with E-state index in [0.717, 1.165) is 37.3 Å². The second-order valence-corrected chi connectivity index (χ2v) is 6.59. The minimum absolute atomic E-state index is 0.433. The van der Waals surface area contributed by atoms with Gasteiger partial charge in [0.1, 0.15) is 17.6 Å². The van der Waals surface area contributed by atoms with Crippen molar-refractivity contribution < 1.29 is 4.52 Å². The molecule has 1 fully saturated rings. The molecule has 4 rings (SSSR count). The van der Waals surface area contributed by atoms with Crippen LogP contribution in [0.3, 0.4) is 0 Å². The first-order valence-electron chi connectivity index (χ1n) is 8.34. The van der Waals surface area contributed by atoms with Crippen molar-refractivity contribution >= 4 is 5.69 Å². The predicted molar refractivity (Wildman–Crippen MR) is 86.9 cm³/mol. The van der Waals surface area contributed by atoms with E-state index in [1.54, 1.807) is 6.26 Å². The van der Waals surface area contributed by atoms with Crippen LogP contribution in [0.5, 0.6) is 0 Å². The number of hydrogen-bond donors (Lipinski definition) is 1. The van der Waals surface area contributed by atoms with Crippen molar-refractivity contribution in [3.63, 3.8) is 0 Å². The molecule has 2 heterocycles. The Morgan fingerprint density at radius 2 is 2.05 bits per heavy atom. The van der Waals surface area contributed by atoms with Crippen LogP contribution in [-0.2, 0) is 12.8 Å². The van der Waals surface area contributed by atoms with Crippen LogP contribution >= 0.6 is 0 Å². The Morgan fingerprint density at radius 3 is 2.86 bits per heavy atom. The van der Waals surface area contributed by atoms with E-state index >= 15 is 0 Å². The lowest BCUT2D eigenvalue weighted by Crippen LogP contribution is -2.35. The zero-order chi connectivity index (χ0) is 14.9. The molecular formula is C18H23N3O. The quantitative estimate of drug-likeness (QED) is 0.938. The summed E-state index contributed by atoms with van der Waals surface area (Å²) in [5, 5.41) is 6.61. The summed E-state index contributed by atoms with van der Waals surface area (Å²) in [6.07, 6.45) is 7.77. The summed E-state index contributed by atoms with van der Waals surface area (Å²) in [4.78, 5) is 0. The van der Waals surface area contributed by atoms with Gasteiger partial charge in [0, 0.05) is 19.0 Å². The summed E-state index contributed by atoms with van der Waals surface area (Å²) in [5.74, 6) is 0.433. The Labute approximate surface area is 131 Å². The number of fused-ring (bicyclic) bond motifs is 1. The van der Waals surface area contributed by atoms with Crippen LogP contribution in [-0.4, -0.2) is 23.3 Å². The van der Waals surface area contributed by atoms with Crippen molar-refractivity contribution in [2.45, 2.75) is 44.9 Å². The maximum Gasteiger partial charge on any atom is 0.148 e. The molecule has 1 N–H and O–H groups in total. The second kappa shape index (κ2) is 5.76. The summed E-state index contributed by atoms with van der Waals surface area (Å²) in [6, 6.07) is 6.61. The van der Waals surface area contributed by atoms with Crippen molar-refractivity contribution in [2.24, 2.45) is 0 Å². The van der Waals surface area contributed by atoms with Crippen LogP contribution < -0.4 is 5.43 Å². The van der Waals surface area contributed by atoms with E-state index in [1.807, 2.05) is 0 Å². The summed E-state index contributed by atoms with van der Waals surface area (Å²) >= 11 is 0. The van der Waals surface area contributed by atoms with Gasteiger partial charge in [0.15, 0.2) is 0 Å². The summed E-state index contributed by atoms with van der Waals surface area (Å²) < 4.78 is 5.29. The molecule has 1 saturated heterocycles. The number of aromatic nitrogens is 1. The van der Waals surface area contributed by atoms with Gasteiger partial charge < -0.3 is 9.95 Å². The van der Waals surface area contributed by atoms with E-state index in [-0.39, 0.29) is 0 Å². The third kappa shape index (κ3) is 2.52. The van der Waals surface area contributed by atoms with Crippen LogP contribution in [0, 0.1) is 6.92 Å². The average molecular weight is 297 g/mol. The largest absolute Gasteiger partial charge is 0.362 e. The zero-order valence-electron chi connectivity index (χ0n) is 13.1. The summed E-state index contributed by atoms with van der Waals surface area (Å²) in [7, 11) is 0. The van der Waals surface area contributed by atoms with Gasteiger partial charge in [0.2, 0.25) is 0 Å². The van der Waals surface area contributed by atoms with E-state index in [9.17, 15) is 0 Å². The van der Waals surface area contributed by atoms with Crippen LogP contribution in [0.2, 0.25) is 0 Å². The van der Waals surface area contributed by atoms with Gasteiger partial charge in [-0.05, 0) is 49.3 Å². The molecule has 116 valence electrons. The third-order valence-corrected chi connectivity index (χ3v) is 5.04. The van der Waals surface area contributed by atoms with Crippen molar-refractivity contribution in [2.75, 3.05) is 18.5 Å². The predicted octanol–water partition coefficient (Wildman–Crippen LogP) is 3.68. The first-order valence-corrected chi connectivity index (χ1v) is 8.34. The fraction of sp³-hybridized carbons (Fsp3) is 0.500. The molecular weight excluding hydrogens is 274 g/mol. The molecule has 1 aliphatic heterocycles. The number of rotatable bonds is 3. The number of nitrogens with zero attached hydrogens (tertiary/aromatic N) is 2. The lowest BCUT2D eigenvalue weighted by Gasteiger charge is -2.27. The highest BCUT2D eigenvalue weighted by Crippen LogP contribution is 2.37. The smallest absolute Gasteiger partial charge is 0.148 e.